The van der Waals surface area contributed by atoms with Crippen molar-refractivity contribution in [1.29, 1.82) is 5.26 Å². The van der Waals surface area contributed by atoms with Crippen molar-refractivity contribution < 1.29 is 20.4 Å². The molecule has 0 aromatic carbocycles. The van der Waals surface area contributed by atoms with Gasteiger partial charge in [0.1, 0.15) is 17.8 Å². The lowest BCUT2D eigenvalue weighted by Crippen LogP contribution is -2.55. The van der Waals surface area contributed by atoms with E-state index in [4.69, 9.17) is 10.4 Å². The normalized spacial score (nSPS) is 41.1. The Balaban J connectivity index is 3.03. The molecule has 1 aliphatic carbocycles. The molecule has 0 spiro atoms. The standard InChI is InChI=1S/C8H11NO4/c1-4(10)8(13)6(11)2-5(3-9)7(8)12/h2,4,6-7,10-13H,1H3/t4-,6+,7+,8-/m1/s1. The van der Waals surface area contributed by atoms with Crippen molar-refractivity contribution >= 4 is 0 Å². The number of rotatable bonds is 1. The van der Waals surface area contributed by atoms with Crippen LogP contribution in [0.15, 0.2) is 11.6 Å². The van der Waals surface area contributed by atoms with Gasteiger partial charge in [-0.1, -0.05) is 0 Å². The Kier molecular flexibility index (Phi) is 2.41. The summed E-state index contributed by atoms with van der Waals surface area (Å²) in [6.45, 7) is 1.24. The van der Waals surface area contributed by atoms with Gasteiger partial charge in [0.2, 0.25) is 0 Å². The van der Waals surface area contributed by atoms with Crippen molar-refractivity contribution in [3.8, 4) is 6.07 Å². The second-order valence-corrected chi connectivity index (χ2v) is 3.14. The Bertz CT molecular complexity index is 280. The fourth-order valence-electron chi connectivity index (χ4n) is 1.38. The first-order chi connectivity index (χ1) is 5.94. The summed E-state index contributed by atoms with van der Waals surface area (Å²) in [6, 6.07) is 1.63. The average molecular weight is 185 g/mol. The minimum atomic E-state index is -2.06. The summed E-state index contributed by atoms with van der Waals surface area (Å²) in [5, 5.41) is 46.0. The maximum atomic E-state index is 9.65. The van der Waals surface area contributed by atoms with Crippen LogP contribution in [-0.4, -0.2) is 44.3 Å². The fraction of sp³-hybridized carbons (Fsp3) is 0.625. The molecular formula is C8H11NO4. The molecule has 0 saturated carbocycles. The van der Waals surface area contributed by atoms with Crippen LogP contribution in [0.2, 0.25) is 0 Å². The largest absolute Gasteiger partial charge is 0.390 e. The molecule has 1 aliphatic rings. The molecule has 13 heavy (non-hydrogen) atoms. The lowest BCUT2D eigenvalue weighted by molar-refractivity contribution is -0.162. The maximum Gasteiger partial charge on any atom is 0.150 e. The third-order valence-electron chi connectivity index (χ3n) is 2.34. The summed E-state index contributed by atoms with van der Waals surface area (Å²) in [4.78, 5) is 0. The van der Waals surface area contributed by atoms with Crippen LogP contribution in [0, 0.1) is 11.3 Å². The third kappa shape index (κ3) is 1.24. The molecule has 5 nitrogen and oxygen atoms in total. The fourth-order valence-corrected chi connectivity index (χ4v) is 1.38. The molecular weight excluding hydrogens is 174 g/mol. The monoisotopic (exact) mass is 185 g/mol. The van der Waals surface area contributed by atoms with E-state index in [-0.39, 0.29) is 5.57 Å². The second-order valence-electron chi connectivity index (χ2n) is 3.14. The second kappa shape index (κ2) is 3.09. The average Bonchev–Trinajstić information content (AvgIpc) is 2.30. The van der Waals surface area contributed by atoms with E-state index in [9.17, 15) is 15.3 Å². The molecule has 0 aromatic heterocycles. The number of nitrogens with zero attached hydrogens (tertiary/aromatic N) is 1. The highest BCUT2D eigenvalue weighted by Crippen LogP contribution is 2.32. The summed E-state index contributed by atoms with van der Waals surface area (Å²) in [5.41, 5.74) is -2.19. The summed E-state index contributed by atoms with van der Waals surface area (Å²) in [6.07, 6.45) is -3.23. The van der Waals surface area contributed by atoms with E-state index in [1.165, 1.54) is 6.92 Å². The van der Waals surface area contributed by atoms with E-state index < -0.39 is 23.9 Å². The van der Waals surface area contributed by atoms with Crippen LogP contribution in [-0.2, 0) is 0 Å². The number of nitriles is 1. The molecule has 0 unspecified atom stereocenters. The zero-order valence-electron chi connectivity index (χ0n) is 7.05. The smallest absolute Gasteiger partial charge is 0.150 e. The van der Waals surface area contributed by atoms with Gasteiger partial charge in [0, 0.05) is 0 Å². The molecule has 0 fully saturated rings. The van der Waals surface area contributed by atoms with Crippen molar-refractivity contribution in [3.63, 3.8) is 0 Å². The Labute approximate surface area is 75.2 Å². The summed E-state index contributed by atoms with van der Waals surface area (Å²) >= 11 is 0. The molecule has 4 N–H and O–H groups in total. The molecule has 0 aromatic rings. The first-order valence-electron chi connectivity index (χ1n) is 3.83. The molecule has 0 saturated heterocycles. The lowest BCUT2D eigenvalue weighted by atomic mass is 9.89. The summed E-state index contributed by atoms with van der Waals surface area (Å²) in [7, 11) is 0. The molecule has 1 rings (SSSR count). The van der Waals surface area contributed by atoms with Gasteiger partial charge in [-0.3, -0.25) is 0 Å². The van der Waals surface area contributed by atoms with Crippen LogP contribution in [0.3, 0.4) is 0 Å². The quantitative estimate of drug-likeness (QED) is 0.389. The van der Waals surface area contributed by atoms with E-state index in [1.807, 2.05) is 0 Å². The van der Waals surface area contributed by atoms with Crippen LogP contribution in [0.25, 0.3) is 0 Å². The van der Waals surface area contributed by atoms with Gasteiger partial charge in [-0.05, 0) is 13.0 Å². The summed E-state index contributed by atoms with van der Waals surface area (Å²) < 4.78 is 0. The topological polar surface area (TPSA) is 105 Å². The predicted molar refractivity (Wildman–Crippen MR) is 42.3 cm³/mol. The van der Waals surface area contributed by atoms with Gasteiger partial charge in [-0.25, -0.2) is 0 Å². The molecule has 0 radical (unpaired) electrons. The van der Waals surface area contributed by atoms with Gasteiger partial charge >= 0.3 is 0 Å². The van der Waals surface area contributed by atoms with Crippen LogP contribution >= 0.6 is 0 Å². The van der Waals surface area contributed by atoms with Crippen molar-refractivity contribution in [1.82, 2.24) is 0 Å². The Morgan fingerprint density at radius 3 is 2.38 bits per heavy atom. The van der Waals surface area contributed by atoms with Crippen LogP contribution in [0.4, 0.5) is 0 Å². The minimum Gasteiger partial charge on any atom is -0.390 e. The van der Waals surface area contributed by atoms with E-state index >= 15 is 0 Å². The highest BCUT2D eigenvalue weighted by molar-refractivity contribution is 5.38. The molecule has 4 atom stereocenters. The first kappa shape index (κ1) is 10.2. The lowest BCUT2D eigenvalue weighted by Gasteiger charge is -2.32. The van der Waals surface area contributed by atoms with Gasteiger partial charge in [0.15, 0.2) is 0 Å². The first-order valence-corrected chi connectivity index (χ1v) is 3.83. The molecule has 0 aliphatic heterocycles. The van der Waals surface area contributed by atoms with Crippen LogP contribution in [0.1, 0.15) is 6.92 Å². The SMILES string of the molecule is C[C@@H](O)[C@@]1(O)[C@@H](O)C=C(C#N)[C@@H]1O. The van der Waals surface area contributed by atoms with E-state index in [0.29, 0.717) is 0 Å². The zero-order valence-corrected chi connectivity index (χ0v) is 7.05. The van der Waals surface area contributed by atoms with Crippen molar-refractivity contribution in [2.24, 2.45) is 0 Å². The maximum absolute atomic E-state index is 9.65. The number of aliphatic hydroxyl groups excluding tert-OH is 3. The Morgan fingerprint density at radius 2 is 2.15 bits per heavy atom. The summed E-state index contributed by atoms with van der Waals surface area (Å²) in [5.74, 6) is 0. The highest BCUT2D eigenvalue weighted by atomic mass is 16.4. The van der Waals surface area contributed by atoms with Gasteiger partial charge in [-0.15, -0.1) is 0 Å². The van der Waals surface area contributed by atoms with Crippen LogP contribution in [0.5, 0.6) is 0 Å². The number of hydrogen-bond acceptors (Lipinski definition) is 5. The predicted octanol–water partition coefficient (Wildman–Crippen LogP) is -1.72. The van der Waals surface area contributed by atoms with Crippen molar-refractivity contribution in [3.05, 3.63) is 11.6 Å². The third-order valence-corrected chi connectivity index (χ3v) is 2.34. The minimum absolute atomic E-state index is 0.129. The molecule has 72 valence electrons. The molecule has 0 heterocycles. The van der Waals surface area contributed by atoms with Gasteiger partial charge in [0.25, 0.3) is 0 Å². The number of hydrogen-bond donors (Lipinski definition) is 4. The van der Waals surface area contributed by atoms with Crippen LogP contribution < -0.4 is 0 Å². The van der Waals surface area contributed by atoms with E-state index in [0.717, 1.165) is 6.08 Å². The Hall–Kier alpha value is -0.930. The van der Waals surface area contributed by atoms with Gasteiger partial charge in [0.05, 0.1) is 17.7 Å². The van der Waals surface area contributed by atoms with E-state index in [1.54, 1.807) is 6.07 Å². The Morgan fingerprint density at radius 1 is 1.62 bits per heavy atom. The molecule has 0 bridgehead atoms. The zero-order chi connectivity index (χ0) is 10.2. The van der Waals surface area contributed by atoms with E-state index in [2.05, 4.69) is 0 Å². The molecule has 0 amide bonds. The van der Waals surface area contributed by atoms with Crippen molar-refractivity contribution in [2.45, 2.75) is 30.8 Å². The van der Waals surface area contributed by atoms with Gasteiger partial charge in [-0.2, -0.15) is 5.26 Å². The number of aliphatic hydroxyl groups is 4. The van der Waals surface area contributed by atoms with Gasteiger partial charge < -0.3 is 20.4 Å². The molecule has 5 heteroatoms. The highest BCUT2D eigenvalue weighted by Gasteiger charge is 2.52. The van der Waals surface area contributed by atoms with Crippen molar-refractivity contribution in [2.75, 3.05) is 0 Å².